The zero-order valence-corrected chi connectivity index (χ0v) is 19.9. The highest BCUT2D eigenvalue weighted by Gasteiger charge is 2.37. The molecule has 10 heteroatoms. The molecule has 1 aromatic carbocycles. The smallest absolute Gasteiger partial charge is 0.185 e. The molecule has 0 aliphatic rings. The van der Waals surface area contributed by atoms with Crippen molar-refractivity contribution in [2.24, 2.45) is 0 Å². The maximum atomic E-state index is 8.49. The third-order valence-corrected chi connectivity index (χ3v) is 9.62. The summed E-state index contributed by atoms with van der Waals surface area (Å²) in [5, 5.41) is 12.7. The first kappa shape index (κ1) is 26.9. The number of rotatable bonds is 12. The zero-order chi connectivity index (χ0) is 22.5. The average Bonchev–Trinajstić information content (AvgIpc) is 3.16. The number of nitrogens with zero attached hydrogens (tertiary/aromatic N) is 4. The van der Waals surface area contributed by atoms with Gasteiger partial charge >= 0.3 is 0 Å². The van der Waals surface area contributed by atoms with Gasteiger partial charge in [0.2, 0.25) is 0 Å². The Morgan fingerprint density at radius 3 is 1.73 bits per heavy atom. The van der Waals surface area contributed by atoms with Gasteiger partial charge in [-0.15, -0.1) is 15.3 Å². The predicted octanol–water partition coefficient (Wildman–Crippen LogP) is 0.960. The predicted molar refractivity (Wildman–Crippen MR) is 109 cm³/mol. The molecule has 0 aliphatic carbocycles. The Hall–Kier alpha value is -1.15. The second kappa shape index (κ2) is 14.0. The van der Waals surface area contributed by atoms with Gasteiger partial charge in [0.05, 0.1) is 18.5 Å². The van der Waals surface area contributed by atoms with Crippen LogP contribution in [0.2, 0.25) is 0 Å². The normalized spacial score (nSPS) is 11.8. The van der Waals surface area contributed by atoms with E-state index in [1.165, 1.54) is 57.0 Å². The zero-order valence-electron chi connectivity index (χ0n) is 18.2. The third kappa shape index (κ3) is 10.8. The number of hydrogen-bond acceptors (Lipinski definition) is 7. The van der Waals surface area contributed by atoms with Gasteiger partial charge in [-0.3, -0.25) is 0 Å². The Morgan fingerprint density at radius 1 is 0.833 bits per heavy atom. The van der Waals surface area contributed by atoms with Crippen LogP contribution in [0.3, 0.4) is 0 Å². The molecule has 2 rings (SSSR count). The quantitative estimate of drug-likeness (QED) is 0.430. The number of hydrogen-bond donors (Lipinski definition) is 0. The molecule has 0 saturated carbocycles. The standard InChI is InChI=1S/C20H34N4P.ClHO4/c1-4-7-15-25(16-8-5-2,17-9-6-3)18-24-20(21-22-23-24)19-13-11-10-12-14-19;2-1(3,4)5/h10-14H,4-9,15-18H2,1-3H3;(H,2,3,4,5)/q+1;/p-1. The van der Waals surface area contributed by atoms with Crippen molar-refractivity contribution in [3.8, 4) is 11.4 Å². The van der Waals surface area contributed by atoms with Crippen molar-refractivity contribution in [1.29, 1.82) is 0 Å². The van der Waals surface area contributed by atoms with Crippen molar-refractivity contribution in [2.75, 3.05) is 18.5 Å². The lowest BCUT2D eigenvalue weighted by Crippen LogP contribution is -2.68. The molecular formula is C20H34ClN4O4P. The van der Waals surface area contributed by atoms with Crippen molar-refractivity contribution >= 4 is 7.26 Å². The summed E-state index contributed by atoms with van der Waals surface area (Å²) in [4.78, 5) is 0. The van der Waals surface area contributed by atoms with Crippen LogP contribution in [0.5, 0.6) is 0 Å². The fraction of sp³-hybridized carbons (Fsp3) is 0.650. The highest BCUT2D eigenvalue weighted by atomic mass is 35.7. The molecule has 2 aromatic rings. The molecule has 0 spiro atoms. The molecule has 0 amide bonds. The van der Waals surface area contributed by atoms with Crippen molar-refractivity contribution in [3.63, 3.8) is 0 Å². The molecule has 0 bridgehead atoms. The van der Waals surface area contributed by atoms with Crippen LogP contribution in [0.4, 0.5) is 0 Å². The first-order valence-electron chi connectivity index (χ1n) is 10.5. The van der Waals surface area contributed by atoms with E-state index in [1.54, 1.807) is 0 Å². The van der Waals surface area contributed by atoms with Gasteiger partial charge in [0.25, 0.3) is 0 Å². The van der Waals surface area contributed by atoms with Gasteiger partial charge < -0.3 is 0 Å². The summed E-state index contributed by atoms with van der Waals surface area (Å²) >= 11 is 0. The van der Waals surface area contributed by atoms with E-state index in [-0.39, 0.29) is 0 Å². The topological polar surface area (TPSA) is 136 Å². The number of aromatic nitrogens is 4. The molecule has 0 N–H and O–H groups in total. The SMILES string of the molecule is CCCC[P+](CCCC)(CCCC)Cn1nnnc1-c1ccccc1.[O-][Cl+3]([O-])([O-])[O-]. The summed E-state index contributed by atoms with van der Waals surface area (Å²) in [5.74, 6) is 0.925. The van der Waals surface area contributed by atoms with E-state index in [9.17, 15) is 0 Å². The minimum absolute atomic E-state index is 0.925. The van der Waals surface area contributed by atoms with E-state index in [2.05, 4.69) is 65.2 Å². The number of unbranched alkanes of at least 4 members (excludes halogenated alkanes) is 3. The van der Waals surface area contributed by atoms with Crippen LogP contribution in [0.25, 0.3) is 11.4 Å². The van der Waals surface area contributed by atoms with Crippen LogP contribution >= 0.6 is 7.26 Å². The summed E-state index contributed by atoms with van der Waals surface area (Å²) in [7, 11) is -6.01. The second-order valence-electron chi connectivity index (χ2n) is 7.46. The molecule has 0 saturated heterocycles. The first-order chi connectivity index (χ1) is 14.2. The minimum Gasteiger partial charge on any atom is -0.222 e. The lowest BCUT2D eigenvalue weighted by molar-refractivity contribution is -2.00. The average molecular weight is 461 g/mol. The van der Waals surface area contributed by atoms with Gasteiger partial charge in [-0.25, -0.2) is 18.6 Å². The van der Waals surface area contributed by atoms with E-state index in [4.69, 9.17) is 18.6 Å². The molecule has 8 nitrogen and oxygen atoms in total. The van der Waals surface area contributed by atoms with Crippen LogP contribution in [-0.2, 0) is 6.29 Å². The van der Waals surface area contributed by atoms with Crippen molar-refractivity contribution < 1.29 is 28.9 Å². The molecule has 0 radical (unpaired) electrons. The molecule has 1 heterocycles. The van der Waals surface area contributed by atoms with E-state index in [0.29, 0.717) is 0 Å². The third-order valence-electron chi connectivity index (χ3n) is 4.96. The summed E-state index contributed by atoms with van der Waals surface area (Å²) < 4.78 is 36.1. The van der Waals surface area contributed by atoms with Crippen LogP contribution in [-0.4, -0.2) is 38.7 Å². The Morgan fingerprint density at radius 2 is 1.30 bits per heavy atom. The van der Waals surface area contributed by atoms with Gasteiger partial charge in [-0.1, -0.05) is 70.4 Å². The summed E-state index contributed by atoms with van der Waals surface area (Å²) in [6, 6.07) is 10.4. The number of tetrazole rings is 1. The molecule has 0 atom stereocenters. The van der Waals surface area contributed by atoms with Gasteiger partial charge in [0.15, 0.2) is 12.1 Å². The van der Waals surface area contributed by atoms with Gasteiger partial charge in [0.1, 0.15) is 0 Å². The van der Waals surface area contributed by atoms with Crippen LogP contribution in [0, 0.1) is 10.2 Å². The fourth-order valence-electron chi connectivity index (χ4n) is 3.41. The van der Waals surface area contributed by atoms with Crippen LogP contribution in [0.1, 0.15) is 59.3 Å². The van der Waals surface area contributed by atoms with Gasteiger partial charge in [-0.05, 0) is 29.7 Å². The Kier molecular flexibility index (Phi) is 12.6. The van der Waals surface area contributed by atoms with Crippen molar-refractivity contribution in [3.05, 3.63) is 30.3 Å². The molecule has 0 aliphatic heterocycles. The van der Waals surface area contributed by atoms with Crippen molar-refractivity contribution in [2.45, 2.75) is 65.6 Å². The van der Waals surface area contributed by atoms with E-state index < -0.39 is 17.5 Å². The van der Waals surface area contributed by atoms with E-state index in [0.717, 1.165) is 17.7 Å². The van der Waals surface area contributed by atoms with Gasteiger partial charge in [-0.2, -0.15) is 4.68 Å². The number of benzene rings is 1. The lowest BCUT2D eigenvalue weighted by Gasteiger charge is -2.27. The molecular weight excluding hydrogens is 427 g/mol. The molecule has 1 aromatic heterocycles. The second-order valence-corrected chi connectivity index (χ2v) is 12.5. The Balaban J connectivity index is 0.000000804. The molecule has 30 heavy (non-hydrogen) atoms. The highest BCUT2D eigenvalue weighted by molar-refractivity contribution is 7.74. The summed E-state index contributed by atoms with van der Waals surface area (Å²) in [5.41, 5.74) is 1.12. The first-order valence-corrected chi connectivity index (χ1v) is 14.3. The minimum atomic E-state index is -4.94. The molecule has 170 valence electrons. The van der Waals surface area contributed by atoms with Crippen molar-refractivity contribution in [1.82, 2.24) is 20.2 Å². The number of halogens is 1. The van der Waals surface area contributed by atoms with Gasteiger partial charge in [0, 0.05) is 12.8 Å². The molecule has 0 fully saturated rings. The molecule has 0 unspecified atom stereocenters. The maximum Gasteiger partial charge on any atom is 0.185 e. The summed E-state index contributed by atoms with van der Waals surface area (Å²) in [6.07, 6.45) is 13.1. The highest BCUT2D eigenvalue weighted by Crippen LogP contribution is 2.62. The Bertz CT molecular complexity index is 670. The maximum absolute atomic E-state index is 8.49. The Labute approximate surface area is 182 Å². The van der Waals surface area contributed by atoms with Crippen LogP contribution in [0.15, 0.2) is 30.3 Å². The van der Waals surface area contributed by atoms with E-state index in [1.807, 2.05) is 6.07 Å². The fourth-order valence-corrected chi connectivity index (χ4v) is 8.22. The largest absolute Gasteiger partial charge is 0.222 e. The monoisotopic (exact) mass is 460 g/mol. The van der Waals surface area contributed by atoms with Crippen LogP contribution < -0.4 is 18.6 Å². The summed E-state index contributed by atoms with van der Waals surface area (Å²) in [6.45, 7) is 6.92. The van der Waals surface area contributed by atoms with E-state index >= 15 is 0 Å². The lowest BCUT2D eigenvalue weighted by atomic mass is 10.2.